The molecule has 1 rings (SSSR count). The van der Waals surface area contributed by atoms with E-state index in [-0.39, 0.29) is 5.57 Å². The number of hydrogen-bond acceptors (Lipinski definition) is 2. The van der Waals surface area contributed by atoms with E-state index in [2.05, 4.69) is 0 Å². The van der Waals surface area contributed by atoms with Gasteiger partial charge < -0.3 is 0 Å². The van der Waals surface area contributed by atoms with E-state index in [0.29, 0.717) is 0 Å². The van der Waals surface area contributed by atoms with E-state index in [9.17, 15) is 0 Å². The van der Waals surface area contributed by atoms with Gasteiger partial charge in [0, 0.05) is 0 Å². The van der Waals surface area contributed by atoms with Crippen LogP contribution in [0.2, 0.25) is 0 Å². The number of rotatable bonds is 2. The minimum absolute atomic E-state index is 0.109. The molecule has 0 unspecified atom stereocenters. The molecular formula is C12H8N2. The van der Waals surface area contributed by atoms with Crippen LogP contribution in [0.25, 0.3) is 6.08 Å². The molecule has 0 amide bonds. The van der Waals surface area contributed by atoms with Gasteiger partial charge in [-0.05, 0) is 11.6 Å². The molecule has 66 valence electrons. The summed E-state index contributed by atoms with van der Waals surface area (Å²) in [4.78, 5) is 0. The lowest BCUT2D eigenvalue weighted by molar-refractivity contribution is 1.46. The topological polar surface area (TPSA) is 47.6 Å². The van der Waals surface area contributed by atoms with Crippen molar-refractivity contribution in [1.82, 2.24) is 0 Å². The zero-order valence-corrected chi connectivity index (χ0v) is 7.51. The van der Waals surface area contributed by atoms with E-state index in [4.69, 9.17) is 10.5 Å². The van der Waals surface area contributed by atoms with Crippen molar-refractivity contribution in [3.05, 3.63) is 53.6 Å². The first kappa shape index (κ1) is 9.77. The summed E-state index contributed by atoms with van der Waals surface area (Å²) < 4.78 is 0. The molecule has 0 N–H and O–H groups in total. The highest BCUT2D eigenvalue weighted by atomic mass is 14.3. The van der Waals surface area contributed by atoms with Gasteiger partial charge in [0.15, 0.2) is 0 Å². The van der Waals surface area contributed by atoms with Crippen molar-refractivity contribution >= 4 is 6.08 Å². The van der Waals surface area contributed by atoms with E-state index < -0.39 is 0 Å². The maximum Gasteiger partial charge on any atom is 0.129 e. The molecule has 0 aliphatic carbocycles. The highest BCUT2D eigenvalue weighted by Gasteiger charge is 1.86. The van der Waals surface area contributed by atoms with Crippen LogP contribution >= 0.6 is 0 Å². The van der Waals surface area contributed by atoms with Crippen molar-refractivity contribution in [2.45, 2.75) is 0 Å². The van der Waals surface area contributed by atoms with Gasteiger partial charge in [0.1, 0.15) is 17.7 Å². The molecule has 0 fully saturated rings. The number of nitrogens with zero attached hydrogens (tertiary/aromatic N) is 2. The van der Waals surface area contributed by atoms with E-state index in [1.165, 1.54) is 6.08 Å². The summed E-state index contributed by atoms with van der Waals surface area (Å²) >= 11 is 0. The van der Waals surface area contributed by atoms with Gasteiger partial charge >= 0.3 is 0 Å². The lowest BCUT2D eigenvalue weighted by Crippen LogP contribution is -1.70. The fourth-order valence-electron chi connectivity index (χ4n) is 0.919. The average Bonchev–Trinajstić information content (AvgIpc) is 2.26. The standard InChI is InChI=1S/C12H8N2/c13-9-12(10-14)8-4-7-11-5-2-1-3-6-11/h1-8H/b7-4-. The van der Waals surface area contributed by atoms with Gasteiger partial charge in [0.25, 0.3) is 0 Å². The van der Waals surface area contributed by atoms with Crippen LogP contribution in [-0.2, 0) is 0 Å². The smallest absolute Gasteiger partial charge is 0.129 e. The van der Waals surface area contributed by atoms with E-state index >= 15 is 0 Å². The normalized spacial score (nSPS) is 9.00. The van der Waals surface area contributed by atoms with Crippen molar-refractivity contribution in [1.29, 1.82) is 10.5 Å². The van der Waals surface area contributed by atoms with Crippen molar-refractivity contribution in [2.75, 3.05) is 0 Å². The van der Waals surface area contributed by atoms with Crippen molar-refractivity contribution in [3.8, 4) is 12.1 Å². The zero-order valence-electron chi connectivity index (χ0n) is 7.51. The summed E-state index contributed by atoms with van der Waals surface area (Å²) in [6.45, 7) is 0. The maximum absolute atomic E-state index is 8.45. The van der Waals surface area contributed by atoms with Crippen LogP contribution in [0.1, 0.15) is 5.56 Å². The van der Waals surface area contributed by atoms with Crippen LogP contribution in [0.5, 0.6) is 0 Å². The molecule has 1 aromatic rings. The monoisotopic (exact) mass is 180 g/mol. The third-order valence-electron chi connectivity index (χ3n) is 1.59. The minimum atomic E-state index is 0.109. The molecule has 0 heterocycles. The first-order chi connectivity index (χ1) is 6.86. The molecule has 0 aromatic heterocycles. The molecular weight excluding hydrogens is 172 g/mol. The summed E-state index contributed by atoms with van der Waals surface area (Å²) in [6.07, 6.45) is 5.03. The quantitative estimate of drug-likeness (QED) is 0.519. The average molecular weight is 180 g/mol. The minimum Gasteiger partial charge on any atom is -0.192 e. The Balaban J connectivity index is 2.73. The molecule has 0 aliphatic heterocycles. The number of hydrogen-bond donors (Lipinski definition) is 0. The highest BCUT2D eigenvalue weighted by molar-refractivity contribution is 5.52. The Kier molecular flexibility index (Phi) is 3.73. The maximum atomic E-state index is 8.45. The second-order valence-electron chi connectivity index (χ2n) is 2.57. The van der Waals surface area contributed by atoms with Crippen LogP contribution in [0, 0.1) is 22.7 Å². The molecule has 0 saturated heterocycles. The Morgan fingerprint density at radius 3 is 2.29 bits per heavy atom. The molecule has 2 heteroatoms. The van der Waals surface area contributed by atoms with Crippen molar-refractivity contribution in [2.24, 2.45) is 0 Å². The van der Waals surface area contributed by atoms with E-state index in [1.807, 2.05) is 36.4 Å². The predicted molar refractivity (Wildman–Crippen MR) is 54.8 cm³/mol. The molecule has 2 nitrogen and oxygen atoms in total. The van der Waals surface area contributed by atoms with Crippen LogP contribution in [-0.4, -0.2) is 0 Å². The largest absolute Gasteiger partial charge is 0.192 e. The first-order valence-corrected chi connectivity index (χ1v) is 4.10. The molecule has 1 aromatic carbocycles. The summed E-state index contributed by atoms with van der Waals surface area (Å²) in [5.74, 6) is 0. The van der Waals surface area contributed by atoms with Gasteiger partial charge in [-0.3, -0.25) is 0 Å². The highest BCUT2D eigenvalue weighted by Crippen LogP contribution is 2.01. The van der Waals surface area contributed by atoms with Crippen molar-refractivity contribution in [3.63, 3.8) is 0 Å². The van der Waals surface area contributed by atoms with Crippen LogP contribution < -0.4 is 0 Å². The first-order valence-electron chi connectivity index (χ1n) is 4.10. The fourth-order valence-corrected chi connectivity index (χ4v) is 0.919. The SMILES string of the molecule is N#CC(C#N)=C/C=C\c1ccccc1. The van der Waals surface area contributed by atoms with Gasteiger partial charge in [-0.1, -0.05) is 42.5 Å². The molecule has 14 heavy (non-hydrogen) atoms. The lowest BCUT2D eigenvalue weighted by atomic mass is 10.2. The molecule has 0 aliphatic rings. The van der Waals surface area contributed by atoms with Crippen LogP contribution in [0.4, 0.5) is 0 Å². The van der Waals surface area contributed by atoms with E-state index in [1.54, 1.807) is 18.2 Å². The lowest BCUT2D eigenvalue weighted by Gasteiger charge is -1.88. The van der Waals surface area contributed by atoms with Gasteiger partial charge in [-0.15, -0.1) is 0 Å². The summed E-state index contributed by atoms with van der Waals surface area (Å²) in [7, 11) is 0. The molecule has 0 atom stereocenters. The van der Waals surface area contributed by atoms with Gasteiger partial charge in [-0.2, -0.15) is 10.5 Å². The molecule has 0 spiro atoms. The van der Waals surface area contributed by atoms with Crippen LogP contribution in [0.3, 0.4) is 0 Å². The summed E-state index contributed by atoms with van der Waals surface area (Å²) in [5.41, 5.74) is 1.15. The Bertz CT molecular complexity index is 412. The van der Waals surface area contributed by atoms with Gasteiger partial charge in [-0.25, -0.2) is 0 Å². The molecule has 0 bridgehead atoms. The zero-order chi connectivity index (χ0) is 10.2. The Hall–Kier alpha value is -2.32. The third-order valence-corrected chi connectivity index (χ3v) is 1.59. The van der Waals surface area contributed by atoms with Gasteiger partial charge in [0.05, 0.1) is 0 Å². The Morgan fingerprint density at radius 1 is 1.07 bits per heavy atom. The summed E-state index contributed by atoms with van der Waals surface area (Å²) in [5, 5.41) is 16.9. The number of nitriles is 2. The van der Waals surface area contributed by atoms with Crippen molar-refractivity contribution < 1.29 is 0 Å². The molecule has 0 saturated carbocycles. The number of allylic oxidation sites excluding steroid dienone is 3. The summed E-state index contributed by atoms with van der Waals surface area (Å²) in [6, 6.07) is 13.3. The van der Waals surface area contributed by atoms with Gasteiger partial charge in [0.2, 0.25) is 0 Å². The Labute approximate surface area is 83.0 Å². The second-order valence-corrected chi connectivity index (χ2v) is 2.57. The Morgan fingerprint density at radius 2 is 1.71 bits per heavy atom. The number of benzene rings is 1. The predicted octanol–water partition coefficient (Wildman–Crippen LogP) is 2.67. The molecule has 0 radical (unpaired) electrons. The fraction of sp³-hybridized carbons (Fsp3) is 0. The van der Waals surface area contributed by atoms with E-state index in [0.717, 1.165) is 5.56 Å². The van der Waals surface area contributed by atoms with Crippen LogP contribution in [0.15, 0.2) is 48.1 Å². The third kappa shape index (κ3) is 2.97. The second kappa shape index (κ2) is 5.35.